The van der Waals surface area contributed by atoms with E-state index in [2.05, 4.69) is 24.1 Å². The first-order chi connectivity index (χ1) is 8.66. The highest BCUT2D eigenvalue weighted by atomic mass is 16.3. The topological polar surface area (TPSA) is 45.1 Å². The van der Waals surface area contributed by atoms with E-state index in [1.165, 1.54) is 0 Å². The normalized spacial score (nSPS) is 13.1. The summed E-state index contributed by atoms with van der Waals surface area (Å²) < 4.78 is 0. The van der Waals surface area contributed by atoms with E-state index in [0.29, 0.717) is 12.5 Å². The largest absolute Gasteiger partial charge is 0.387 e. The molecule has 1 heterocycles. The first-order valence-electron chi connectivity index (χ1n) is 6.40. The summed E-state index contributed by atoms with van der Waals surface area (Å²) in [4.78, 5) is 4.27. The van der Waals surface area contributed by atoms with E-state index >= 15 is 0 Å². The standard InChI is InChI=1S/C15H20N2O/c1-11(2)9-16-10-15(18)13-5-6-14-12(8-13)4-3-7-17-14/h3-8,11,15-16,18H,9-10H2,1-2H3. The number of fused-ring (bicyclic) bond motifs is 1. The third-order valence-electron chi connectivity index (χ3n) is 2.90. The summed E-state index contributed by atoms with van der Waals surface area (Å²) in [7, 11) is 0. The SMILES string of the molecule is CC(C)CNCC(O)c1ccc2ncccc2c1. The van der Waals surface area contributed by atoms with Gasteiger partial charge in [0.25, 0.3) is 0 Å². The average Bonchev–Trinajstić information content (AvgIpc) is 2.37. The highest BCUT2D eigenvalue weighted by Gasteiger charge is 2.08. The lowest BCUT2D eigenvalue weighted by Gasteiger charge is -2.14. The van der Waals surface area contributed by atoms with Crippen LogP contribution in [0.15, 0.2) is 36.5 Å². The third-order valence-corrected chi connectivity index (χ3v) is 2.90. The summed E-state index contributed by atoms with van der Waals surface area (Å²) in [5.41, 5.74) is 1.90. The maximum absolute atomic E-state index is 10.1. The zero-order chi connectivity index (χ0) is 13.0. The van der Waals surface area contributed by atoms with Crippen molar-refractivity contribution in [2.45, 2.75) is 20.0 Å². The molecule has 0 radical (unpaired) electrons. The van der Waals surface area contributed by atoms with Crippen LogP contribution < -0.4 is 5.32 Å². The van der Waals surface area contributed by atoms with Crippen molar-refractivity contribution >= 4 is 10.9 Å². The molecule has 18 heavy (non-hydrogen) atoms. The second kappa shape index (κ2) is 5.94. The van der Waals surface area contributed by atoms with Crippen LogP contribution in [0.2, 0.25) is 0 Å². The van der Waals surface area contributed by atoms with Crippen LogP contribution in [0.3, 0.4) is 0 Å². The molecule has 2 rings (SSSR count). The summed E-state index contributed by atoms with van der Waals surface area (Å²) in [5.74, 6) is 0.595. The van der Waals surface area contributed by atoms with E-state index in [1.54, 1.807) is 6.20 Å². The van der Waals surface area contributed by atoms with E-state index < -0.39 is 6.10 Å². The fourth-order valence-electron chi connectivity index (χ4n) is 1.93. The number of nitrogens with one attached hydrogen (secondary N) is 1. The minimum atomic E-state index is -0.464. The highest BCUT2D eigenvalue weighted by molar-refractivity contribution is 5.79. The van der Waals surface area contributed by atoms with Gasteiger partial charge in [-0.25, -0.2) is 0 Å². The predicted molar refractivity (Wildman–Crippen MR) is 74.4 cm³/mol. The van der Waals surface area contributed by atoms with Gasteiger partial charge < -0.3 is 10.4 Å². The van der Waals surface area contributed by atoms with Gasteiger partial charge in [-0.15, -0.1) is 0 Å². The van der Waals surface area contributed by atoms with Gasteiger partial charge in [-0.05, 0) is 36.2 Å². The van der Waals surface area contributed by atoms with Gasteiger partial charge >= 0.3 is 0 Å². The first-order valence-corrected chi connectivity index (χ1v) is 6.40. The van der Waals surface area contributed by atoms with E-state index in [4.69, 9.17) is 0 Å². The number of hydrogen-bond donors (Lipinski definition) is 2. The maximum Gasteiger partial charge on any atom is 0.0914 e. The number of nitrogens with zero attached hydrogens (tertiary/aromatic N) is 1. The number of pyridine rings is 1. The van der Waals surface area contributed by atoms with Gasteiger partial charge in [0.2, 0.25) is 0 Å². The zero-order valence-corrected chi connectivity index (χ0v) is 10.9. The van der Waals surface area contributed by atoms with Crippen LogP contribution in [0.1, 0.15) is 25.5 Å². The molecule has 0 amide bonds. The molecule has 1 unspecified atom stereocenters. The Morgan fingerprint density at radius 3 is 2.83 bits per heavy atom. The van der Waals surface area contributed by atoms with Crippen molar-refractivity contribution in [3.63, 3.8) is 0 Å². The van der Waals surface area contributed by atoms with Crippen molar-refractivity contribution < 1.29 is 5.11 Å². The van der Waals surface area contributed by atoms with Crippen LogP contribution in [0, 0.1) is 5.92 Å². The molecule has 3 heteroatoms. The summed E-state index contributed by atoms with van der Waals surface area (Å²) in [6.07, 6.45) is 1.32. The minimum absolute atomic E-state index is 0.464. The molecule has 1 aromatic carbocycles. The molecule has 1 atom stereocenters. The number of aromatic nitrogens is 1. The quantitative estimate of drug-likeness (QED) is 0.849. The van der Waals surface area contributed by atoms with Gasteiger partial charge in [-0.1, -0.05) is 26.0 Å². The Hall–Kier alpha value is -1.45. The molecule has 0 fully saturated rings. The molecule has 0 spiro atoms. The Kier molecular flexibility index (Phi) is 4.28. The Morgan fingerprint density at radius 2 is 2.06 bits per heavy atom. The van der Waals surface area contributed by atoms with Crippen LogP contribution in [0.4, 0.5) is 0 Å². The Morgan fingerprint density at radius 1 is 1.22 bits per heavy atom. The molecule has 0 aliphatic heterocycles. The van der Waals surface area contributed by atoms with Gasteiger partial charge in [0.15, 0.2) is 0 Å². The number of benzene rings is 1. The molecule has 96 valence electrons. The number of rotatable bonds is 5. The molecule has 2 N–H and O–H groups in total. The van der Waals surface area contributed by atoms with Crippen molar-refractivity contribution in [1.82, 2.24) is 10.3 Å². The lowest BCUT2D eigenvalue weighted by atomic mass is 10.1. The molecule has 0 aliphatic carbocycles. The van der Waals surface area contributed by atoms with Crippen LogP contribution >= 0.6 is 0 Å². The summed E-state index contributed by atoms with van der Waals surface area (Å²) >= 11 is 0. The predicted octanol–water partition coefficient (Wildman–Crippen LogP) is 2.51. The molecular formula is C15H20N2O. The smallest absolute Gasteiger partial charge is 0.0914 e. The molecule has 0 saturated carbocycles. The fourth-order valence-corrected chi connectivity index (χ4v) is 1.93. The monoisotopic (exact) mass is 244 g/mol. The van der Waals surface area contributed by atoms with Gasteiger partial charge in [0, 0.05) is 18.1 Å². The van der Waals surface area contributed by atoms with Gasteiger partial charge in [0.05, 0.1) is 11.6 Å². The summed E-state index contributed by atoms with van der Waals surface area (Å²) in [6, 6.07) is 9.83. The van der Waals surface area contributed by atoms with Crippen LogP contribution in [0.5, 0.6) is 0 Å². The molecular weight excluding hydrogens is 224 g/mol. The van der Waals surface area contributed by atoms with Crippen molar-refractivity contribution in [3.8, 4) is 0 Å². The molecule has 3 nitrogen and oxygen atoms in total. The van der Waals surface area contributed by atoms with Gasteiger partial charge in [-0.2, -0.15) is 0 Å². The molecule has 0 aliphatic rings. The fraction of sp³-hybridized carbons (Fsp3) is 0.400. The van der Waals surface area contributed by atoms with Gasteiger partial charge in [0.1, 0.15) is 0 Å². The average molecular weight is 244 g/mol. The zero-order valence-electron chi connectivity index (χ0n) is 10.9. The molecule has 0 saturated heterocycles. The molecule has 1 aromatic heterocycles. The van der Waals surface area contributed by atoms with E-state index in [9.17, 15) is 5.11 Å². The van der Waals surface area contributed by atoms with E-state index in [-0.39, 0.29) is 0 Å². The van der Waals surface area contributed by atoms with Crippen molar-refractivity contribution in [2.24, 2.45) is 5.92 Å². The lowest BCUT2D eigenvalue weighted by molar-refractivity contribution is 0.173. The van der Waals surface area contributed by atoms with E-state index in [1.807, 2.05) is 30.3 Å². The third kappa shape index (κ3) is 3.28. The number of aliphatic hydroxyl groups is 1. The van der Waals surface area contributed by atoms with Crippen molar-refractivity contribution in [3.05, 3.63) is 42.1 Å². The van der Waals surface area contributed by atoms with Gasteiger partial charge in [-0.3, -0.25) is 4.98 Å². The summed E-state index contributed by atoms with van der Waals surface area (Å²) in [5, 5.41) is 14.4. The number of aliphatic hydroxyl groups excluding tert-OH is 1. The van der Waals surface area contributed by atoms with Crippen molar-refractivity contribution in [1.29, 1.82) is 0 Å². The van der Waals surface area contributed by atoms with Crippen LogP contribution in [-0.2, 0) is 0 Å². The maximum atomic E-state index is 10.1. The Labute approximate surface area is 108 Å². The minimum Gasteiger partial charge on any atom is -0.387 e. The lowest BCUT2D eigenvalue weighted by Crippen LogP contribution is -2.25. The Balaban J connectivity index is 2.06. The summed E-state index contributed by atoms with van der Waals surface area (Å²) in [6.45, 7) is 5.82. The van der Waals surface area contributed by atoms with Crippen LogP contribution in [0.25, 0.3) is 10.9 Å². The van der Waals surface area contributed by atoms with Crippen molar-refractivity contribution in [2.75, 3.05) is 13.1 Å². The Bertz CT molecular complexity index is 511. The number of hydrogen-bond acceptors (Lipinski definition) is 3. The second-order valence-corrected chi connectivity index (χ2v) is 5.02. The highest BCUT2D eigenvalue weighted by Crippen LogP contribution is 2.18. The van der Waals surface area contributed by atoms with E-state index in [0.717, 1.165) is 23.0 Å². The van der Waals surface area contributed by atoms with Crippen LogP contribution in [-0.4, -0.2) is 23.2 Å². The molecule has 2 aromatic rings. The first kappa shape index (κ1) is 13.0. The second-order valence-electron chi connectivity index (χ2n) is 5.02. The molecule has 0 bridgehead atoms.